The minimum absolute atomic E-state index is 0.226. The Morgan fingerprint density at radius 3 is 2.17 bits per heavy atom. The van der Waals surface area contributed by atoms with Gasteiger partial charge in [0.25, 0.3) is 0 Å². The van der Waals surface area contributed by atoms with Gasteiger partial charge in [-0.1, -0.05) is 80.6 Å². The number of benzene rings is 3. The number of nitrogens with zero attached hydrogens (tertiary/aromatic N) is 1. The van der Waals surface area contributed by atoms with Gasteiger partial charge in [-0.2, -0.15) is 13.2 Å². The first-order valence-electron chi connectivity index (χ1n) is 13.3. The van der Waals surface area contributed by atoms with Crippen molar-refractivity contribution in [3.63, 3.8) is 0 Å². The fourth-order valence-corrected chi connectivity index (χ4v) is 5.27. The van der Waals surface area contributed by atoms with Crippen LogP contribution >= 0.6 is 0 Å². The van der Waals surface area contributed by atoms with E-state index in [2.05, 4.69) is 58.5 Å². The van der Waals surface area contributed by atoms with Crippen LogP contribution in [0.25, 0.3) is 33.3 Å². The Hall–Kier alpha value is -4.14. The van der Waals surface area contributed by atoms with Crippen LogP contribution < -0.4 is 0 Å². The average Bonchev–Trinajstić information content (AvgIpc) is 3.32. The number of aryl methyl sites for hydroxylation is 2. The van der Waals surface area contributed by atoms with Crippen LogP contribution in [0.3, 0.4) is 0 Å². The Morgan fingerprint density at radius 1 is 0.925 bits per heavy atom. The van der Waals surface area contributed by atoms with Crippen LogP contribution in [0.4, 0.5) is 13.2 Å². The molecule has 0 atom stereocenters. The van der Waals surface area contributed by atoms with Crippen molar-refractivity contribution in [2.24, 2.45) is 5.92 Å². The number of halogens is 3. The maximum absolute atomic E-state index is 11.8. The molecule has 3 N–H and O–H groups in total. The second-order valence-corrected chi connectivity index (χ2v) is 10.1. The summed E-state index contributed by atoms with van der Waals surface area (Å²) in [5.41, 5.74) is 7.27. The van der Waals surface area contributed by atoms with Crippen molar-refractivity contribution < 1.29 is 33.0 Å². The second-order valence-electron chi connectivity index (χ2n) is 10.1. The van der Waals surface area contributed by atoms with E-state index in [0.717, 1.165) is 29.0 Å². The van der Waals surface area contributed by atoms with Gasteiger partial charge >= 0.3 is 18.1 Å². The van der Waals surface area contributed by atoms with Gasteiger partial charge in [0.1, 0.15) is 11.3 Å². The Labute approximate surface area is 229 Å². The lowest BCUT2D eigenvalue weighted by Gasteiger charge is -2.22. The number of aromatic carboxylic acids is 1. The molecule has 0 spiro atoms. The number of carboxylic acids is 2. The monoisotopic (exact) mass is 552 g/mol. The molecule has 210 valence electrons. The van der Waals surface area contributed by atoms with Crippen LogP contribution in [0.2, 0.25) is 0 Å². The predicted molar refractivity (Wildman–Crippen MR) is 147 cm³/mol. The van der Waals surface area contributed by atoms with Crippen LogP contribution in [0.1, 0.15) is 60.3 Å². The smallest absolute Gasteiger partial charge is 0.478 e. The first kappa shape index (κ1) is 28.9. The molecule has 1 aliphatic carbocycles. The summed E-state index contributed by atoms with van der Waals surface area (Å²) in [4.78, 5) is 28.2. The van der Waals surface area contributed by atoms with Crippen LogP contribution in [-0.4, -0.2) is 38.3 Å². The number of hydrogen-bond acceptors (Lipinski definition) is 3. The molecule has 9 heteroatoms. The number of nitrogens with one attached hydrogen (secondary N) is 1. The first-order chi connectivity index (χ1) is 19.0. The number of fused-ring (bicyclic) bond motifs is 1. The van der Waals surface area contributed by atoms with Crippen molar-refractivity contribution >= 4 is 23.0 Å². The topological polar surface area (TPSA) is 103 Å². The molecule has 4 aromatic rings. The van der Waals surface area contributed by atoms with Gasteiger partial charge in [0.15, 0.2) is 0 Å². The van der Waals surface area contributed by atoms with Crippen LogP contribution in [0, 0.1) is 12.8 Å². The number of aromatic amines is 1. The summed E-state index contributed by atoms with van der Waals surface area (Å²) in [7, 11) is 0. The molecule has 1 aromatic heterocycles. The van der Waals surface area contributed by atoms with E-state index in [1.165, 1.54) is 55.2 Å². The molecule has 1 saturated carbocycles. The van der Waals surface area contributed by atoms with Gasteiger partial charge in [0, 0.05) is 0 Å². The summed E-state index contributed by atoms with van der Waals surface area (Å²) in [6.45, 7) is 1.84. The summed E-state index contributed by atoms with van der Waals surface area (Å²) in [5.74, 6) is -2.13. The third-order valence-electron chi connectivity index (χ3n) is 7.27. The van der Waals surface area contributed by atoms with E-state index >= 15 is 0 Å². The zero-order chi connectivity index (χ0) is 28.9. The standard InChI is InChI=1S/C29H30N2O2.C2HF3O2/c1-19-30-27-18-24(17-26(29(32)33)28(27)31-19)21-13-15-23(16-14-21)25-10-6-5-9-22(25)12-11-20-7-3-2-4-8-20;3-2(4,5)1(6)7/h5-6,9-10,13-18,20H,2-4,7-8,11-12H2,1H3,(H,30,31)(H,32,33);(H,6,7). The fourth-order valence-electron chi connectivity index (χ4n) is 5.27. The summed E-state index contributed by atoms with van der Waals surface area (Å²) < 4.78 is 31.7. The number of imidazole rings is 1. The Kier molecular flexibility index (Phi) is 8.92. The predicted octanol–water partition coefficient (Wildman–Crippen LogP) is 8.05. The van der Waals surface area contributed by atoms with Gasteiger partial charge in [0.2, 0.25) is 0 Å². The quantitative estimate of drug-likeness (QED) is 0.225. The fraction of sp³-hybridized carbons (Fsp3) is 0.323. The molecule has 0 unspecified atom stereocenters. The maximum Gasteiger partial charge on any atom is 0.490 e. The van der Waals surface area contributed by atoms with Gasteiger partial charge in [-0.05, 0) is 65.6 Å². The molecular formula is C31H31F3N2O4. The maximum atomic E-state index is 11.8. The number of alkyl halides is 3. The number of aromatic nitrogens is 2. The molecule has 5 rings (SSSR count). The van der Waals surface area contributed by atoms with Gasteiger partial charge in [-0.3, -0.25) is 0 Å². The van der Waals surface area contributed by atoms with Crippen molar-refractivity contribution in [2.45, 2.75) is 58.0 Å². The van der Waals surface area contributed by atoms with Gasteiger partial charge in [-0.15, -0.1) is 0 Å². The lowest BCUT2D eigenvalue weighted by Crippen LogP contribution is -2.21. The van der Waals surface area contributed by atoms with Gasteiger partial charge < -0.3 is 15.2 Å². The highest BCUT2D eigenvalue weighted by Gasteiger charge is 2.38. The Morgan fingerprint density at radius 2 is 1.55 bits per heavy atom. The van der Waals surface area contributed by atoms with Crippen molar-refractivity contribution in [1.29, 1.82) is 0 Å². The van der Waals surface area contributed by atoms with Gasteiger partial charge in [-0.25, -0.2) is 14.6 Å². The zero-order valence-corrected chi connectivity index (χ0v) is 22.1. The number of aliphatic carboxylic acids is 1. The molecule has 0 saturated heterocycles. The third kappa shape index (κ3) is 7.08. The molecule has 0 radical (unpaired) electrons. The highest BCUT2D eigenvalue weighted by atomic mass is 19.4. The van der Waals surface area contributed by atoms with Crippen LogP contribution in [-0.2, 0) is 11.2 Å². The van der Waals surface area contributed by atoms with Crippen molar-refractivity contribution in [1.82, 2.24) is 9.97 Å². The van der Waals surface area contributed by atoms with Gasteiger partial charge in [0.05, 0.1) is 11.1 Å². The molecule has 40 heavy (non-hydrogen) atoms. The number of rotatable bonds is 6. The van der Waals surface area contributed by atoms with E-state index in [0.29, 0.717) is 11.3 Å². The molecular weight excluding hydrogens is 521 g/mol. The van der Waals surface area contributed by atoms with Crippen molar-refractivity contribution in [2.75, 3.05) is 0 Å². The lowest BCUT2D eigenvalue weighted by atomic mass is 9.84. The first-order valence-corrected chi connectivity index (χ1v) is 13.3. The van der Waals surface area contributed by atoms with E-state index in [-0.39, 0.29) is 5.56 Å². The summed E-state index contributed by atoms with van der Waals surface area (Å²) >= 11 is 0. The molecule has 0 aliphatic heterocycles. The van der Waals surface area contributed by atoms with Crippen LogP contribution in [0.15, 0.2) is 60.7 Å². The molecule has 1 aliphatic rings. The number of carboxylic acid groups (broad SMARTS) is 2. The highest BCUT2D eigenvalue weighted by Crippen LogP contribution is 2.32. The summed E-state index contributed by atoms with van der Waals surface area (Å²) in [6.07, 6.45) is 4.27. The highest BCUT2D eigenvalue weighted by molar-refractivity contribution is 6.03. The van der Waals surface area contributed by atoms with Crippen molar-refractivity contribution in [3.8, 4) is 22.3 Å². The average molecular weight is 553 g/mol. The Balaban J connectivity index is 0.000000470. The van der Waals surface area contributed by atoms with E-state index in [4.69, 9.17) is 9.90 Å². The largest absolute Gasteiger partial charge is 0.490 e. The lowest BCUT2D eigenvalue weighted by molar-refractivity contribution is -0.192. The second kappa shape index (κ2) is 12.4. The van der Waals surface area contributed by atoms with Crippen molar-refractivity contribution in [3.05, 3.63) is 77.6 Å². The zero-order valence-electron chi connectivity index (χ0n) is 22.1. The normalized spacial score (nSPS) is 14.0. The molecule has 6 nitrogen and oxygen atoms in total. The molecule has 1 heterocycles. The Bertz CT molecular complexity index is 1490. The molecule has 0 bridgehead atoms. The summed E-state index contributed by atoms with van der Waals surface area (Å²) in [6, 6.07) is 20.9. The molecule has 1 fully saturated rings. The molecule has 0 amide bonds. The van der Waals surface area contributed by atoms with E-state index in [1.54, 1.807) is 6.07 Å². The third-order valence-corrected chi connectivity index (χ3v) is 7.27. The number of carbonyl (C=O) groups is 2. The minimum atomic E-state index is -5.08. The SMILES string of the molecule is Cc1nc2c(C(=O)O)cc(-c3ccc(-c4ccccc4CCC4CCCCC4)cc3)cc2[nH]1.O=C(O)C(F)(F)F. The van der Waals surface area contributed by atoms with E-state index < -0.39 is 18.1 Å². The van der Waals surface area contributed by atoms with E-state index in [9.17, 15) is 23.1 Å². The summed E-state index contributed by atoms with van der Waals surface area (Å²) in [5, 5.41) is 16.8. The van der Waals surface area contributed by atoms with E-state index in [1.807, 2.05) is 13.0 Å². The minimum Gasteiger partial charge on any atom is -0.478 e. The number of H-pyrrole nitrogens is 1. The number of hydrogen-bond donors (Lipinski definition) is 3. The molecule has 3 aromatic carbocycles. The van der Waals surface area contributed by atoms with Crippen LogP contribution in [0.5, 0.6) is 0 Å².